The van der Waals surface area contributed by atoms with E-state index in [1.807, 2.05) is 30.3 Å². The molecule has 1 amide bonds. The first kappa shape index (κ1) is 18.3. The van der Waals surface area contributed by atoms with E-state index in [1.165, 1.54) is 10.7 Å². The van der Waals surface area contributed by atoms with E-state index < -0.39 is 4.92 Å². The van der Waals surface area contributed by atoms with Crippen LogP contribution in [0.5, 0.6) is 0 Å². The summed E-state index contributed by atoms with van der Waals surface area (Å²) < 4.78 is 6.62. The van der Waals surface area contributed by atoms with Crippen molar-refractivity contribution in [3.63, 3.8) is 0 Å². The maximum absolute atomic E-state index is 12.5. The van der Waals surface area contributed by atoms with Gasteiger partial charge in [-0.1, -0.05) is 35.5 Å². The van der Waals surface area contributed by atoms with Gasteiger partial charge in [-0.2, -0.15) is 4.68 Å². The van der Waals surface area contributed by atoms with Crippen LogP contribution in [0.2, 0.25) is 0 Å². The van der Waals surface area contributed by atoms with Gasteiger partial charge in [0, 0.05) is 6.54 Å². The Hall–Kier alpha value is -3.49. The van der Waals surface area contributed by atoms with Gasteiger partial charge in [-0.3, -0.25) is 4.79 Å². The Bertz CT molecular complexity index is 962. The summed E-state index contributed by atoms with van der Waals surface area (Å²) in [6.45, 7) is 4.02. The second-order valence-electron chi connectivity index (χ2n) is 6.12. The average Bonchev–Trinajstić information content (AvgIpc) is 3.20. The molecule has 2 aromatic heterocycles. The van der Waals surface area contributed by atoms with E-state index in [4.69, 9.17) is 4.52 Å². The number of nitrogens with zero attached hydrogens (tertiary/aromatic N) is 4. The van der Waals surface area contributed by atoms with Gasteiger partial charge in [0.05, 0.1) is 29.0 Å². The summed E-state index contributed by atoms with van der Waals surface area (Å²) >= 11 is 0. The molecule has 0 aliphatic carbocycles. The molecule has 1 aromatic carbocycles. The van der Waals surface area contributed by atoms with Crippen molar-refractivity contribution in [2.75, 3.05) is 6.54 Å². The molecule has 0 fully saturated rings. The number of nitro groups is 1. The fourth-order valence-electron chi connectivity index (χ4n) is 2.70. The van der Waals surface area contributed by atoms with Crippen LogP contribution >= 0.6 is 0 Å². The van der Waals surface area contributed by atoms with Crippen LogP contribution in [-0.2, 0) is 13.0 Å². The number of hydrogen-bond donors (Lipinski definition) is 1. The predicted octanol–water partition coefficient (Wildman–Crippen LogP) is 2.42. The van der Waals surface area contributed by atoms with Crippen molar-refractivity contribution in [3.8, 4) is 0 Å². The monoisotopic (exact) mass is 369 g/mol. The molecule has 3 rings (SSSR count). The van der Waals surface area contributed by atoms with E-state index >= 15 is 0 Å². The first-order chi connectivity index (χ1) is 13.0. The van der Waals surface area contributed by atoms with Crippen LogP contribution in [0.15, 0.2) is 40.9 Å². The summed E-state index contributed by atoms with van der Waals surface area (Å²) in [7, 11) is 0. The topological polar surface area (TPSA) is 116 Å². The molecule has 0 unspecified atom stereocenters. The summed E-state index contributed by atoms with van der Waals surface area (Å²) in [5.74, 6) is -0.117. The van der Waals surface area contributed by atoms with Crippen molar-refractivity contribution in [1.82, 2.24) is 20.3 Å². The molecule has 0 spiro atoms. The van der Waals surface area contributed by atoms with Crippen LogP contribution in [-0.4, -0.2) is 32.3 Å². The molecular formula is C18H19N5O4. The third-order valence-corrected chi connectivity index (χ3v) is 4.21. The zero-order valence-electron chi connectivity index (χ0n) is 15.0. The van der Waals surface area contributed by atoms with Gasteiger partial charge in [-0.25, -0.2) is 0 Å². The Morgan fingerprint density at radius 1 is 1.30 bits per heavy atom. The number of benzene rings is 1. The van der Waals surface area contributed by atoms with Crippen LogP contribution in [0, 0.1) is 24.0 Å². The number of nitrogens with one attached hydrogen (secondary N) is 1. The first-order valence-corrected chi connectivity index (χ1v) is 8.42. The average molecular weight is 369 g/mol. The van der Waals surface area contributed by atoms with Crippen molar-refractivity contribution in [1.29, 1.82) is 0 Å². The lowest BCUT2D eigenvalue weighted by molar-refractivity contribution is -0.389. The second-order valence-corrected chi connectivity index (χ2v) is 6.12. The van der Waals surface area contributed by atoms with E-state index in [-0.39, 0.29) is 24.0 Å². The number of hydrogen-bond acceptors (Lipinski definition) is 6. The number of carbonyl (C=O) groups is 1. The van der Waals surface area contributed by atoms with Crippen LogP contribution in [0.1, 0.15) is 33.1 Å². The van der Waals surface area contributed by atoms with E-state index in [2.05, 4.69) is 15.6 Å². The van der Waals surface area contributed by atoms with Gasteiger partial charge >= 0.3 is 5.82 Å². The lowest BCUT2D eigenvalue weighted by Gasteiger charge is -2.05. The summed E-state index contributed by atoms with van der Waals surface area (Å²) in [5, 5.41) is 21.5. The standard InChI is InChI=1S/C18H19N5O4/c1-12-10-16(23(25)26)20-22(12)11-15-13(2)27-21-17(15)18(24)19-9-8-14-6-4-3-5-7-14/h3-7,10H,8-9,11H2,1-2H3,(H,19,24). The van der Waals surface area contributed by atoms with Gasteiger partial charge in [-0.05, 0) is 30.8 Å². The lowest BCUT2D eigenvalue weighted by Crippen LogP contribution is -2.27. The quantitative estimate of drug-likeness (QED) is 0.505. The zero-order valence-corrected chi connectivity index (χ0v) is 15.0. The smallest absolute Gasteiger partial charge is 0.361 e. The summed E-state index contributed by atoms with van der Waals surface area (Å²) in [5.41, 5.74) is 2.44. The summed E-state index contributed by atoms with van der Waals surface area (Å²) in [6, 6.07) is 11.2. The highest BCUT2D eigenvalue weighted by atomic mass is 16.6. The maximum atomic E-state index is 12.5. The highest BCUT2D eigenvalue weighted by molar-refractivity contribution is 5.93. The Morgan fingerprint density at radius 2 is 2.04 bits per heavy atom. The molecular weight excluding hydrogens is 350 g/mol. The summed E-state index contributed by atoms with van der Waals surface area (Å²) in [4.78, 5) is 22.8. The number of carbonyl (C=O) groups excluding carboxylic acids is 1. The van der Waals surface area contributed by atoms with Crippen molar-refractivity contribution in [3.05, 3.63) is 74.8 Å². The molecule has 9 nitrogen and oxygen atoms in total. The lowest BCUT2D eigenvalue weighted by atomic mass is 10.1. The fraction of sp³-hybridized carbons (Fsp3) is 0.278. The Kier molecular flexibility index (Phi) is 5.30. The normalized spacial score (nSPS) is 10.7. The minimum atomic E-state index is -0.554. The Morgan fingerprint density at radius 3 is 2.70 bits per heavy atom. The van der Waals surface area contributed by atoms with Gasteiger partial charge in [-0.15, -0.1) is 0 Å². The Balaban J connectivity index is 1.70. The van der Waals surface area contributed by atoms with E-state index in [0.29, 0.717) is 30.0 Å². The molecule has 0 aliphatic rings. The van der Waals surface area contributed by atoms with E-state index in [9.17, 15) is 14.9 Å². The third-order valence-electron chi connectivity index (χ3n) is 4.21. The number of rotatable bonds is 7. The van der Waals surface area contributed by atoms with Crippen LogP contribution in [0.4, 0.5) is 5.82 Å². The van der Waals surface area contributed by atoms with Crippen molar-refractivity contribution in [2.45, 2.75) is 26.8 Å². The van der Waals surface area contributed by atoms with Crippen LogP contribution in [0.3, 0.4) is 0 Å². The van der Waals surface area contributed by atoms with Crippen LogP contribution < -0.4 is 5.32 Å². The molecule has 0 atom stereocenters. The van der Waals surface area contributed by atoms with Gasteiger partial charge < -0.3 is 20.0 Å². The first-order valence-electron chi connectivity index (χ1n) is 8.42. The number of aromatic nitrogens is 3. The highest BCUT2D eigenvalue weighted by Gasteiger charge is 2.23. The molecule has 140 valence electrons. The van der Waals surface area contributed by atoms with Gasteiger partial charge in [0.2, 0.25) is 0 Å². The third kappa shape index (κ3) is 4.20. The molecule has 3 aromatic rings. The zero-order chi connectivity index (χ0) is 19.4. The maximum Gasteiger partial charge on any atom is 0.390 e. The van der Waals surface area contributed by atoms with Crippen molar-refractivity contribution in [2.24, 2.45) is 0 Å². The van der Waals surface area contributed by atoms with E-state index in [0.717, 1.165) is 5.56 Å². The SMILES string of the molecule is Cc1onc(C(=O)NCCc2ccccc2)c1Cn1nc([N+](=O)[O-])cc1C. The molecule has 1 N–H and O–H groups in total. The van der Waals surface area contributed by atoms with Gasteiger partial charge in [0.25, 0.3) is 5.91 Å². The Labute approximate surface area is 155 Å². The summed E-state index contributed by atoms with van der Waals surface area (Å²) in [6.07, 6.45) is 0.698. The van der Waals surface area contributed by atoms with Crippen molar-refractivity contribution >= 4 is 11.7 Å². The van der Waals surface area contributed by atoms with Gasteiger partial charge in [0.15, 0.2) is 5.69 Å². The predicted molar refractivity (Wildman–Crippen MR) is 96.4 cm³/mol. The van der Waals surface area contributed by atoms with E-state index in [1.54, 1.807) is 13.8 Å². The molecule has 0 aliphatic heterocycles. The van der Waals surface area contributed by atoms with Gasteiger partial charge in [0.1, 0.15) is 5.76 Å². The molecule has 0 bridgehead atoms. The molecule has 2 heterocycles. The second kappa shape index (κ2) is 7.81. The van der Waals surface area contributed by atoms with Crippen molar-refractivity contribution < 1.29 is 14.2 Å². The number of aryl methyl sites for hydroxylation is 2. The molecule has 9 heteroatoms. The molecule has 0 saturated carbocycles. The fourth-order valence-corrected chi connectivity index (χ4v) is 2.70. The highest BCUT2D eigenvalue weighted by Crippen LogP contribution is 2.18. The minimum absolute atomic E-state index is 0.163. The van der Waals surface area contributed by atoms with Crippen LogP contribution in [0.25, 0.3) is 0 Å². The largest absolute Gasteiger partial charge is 0.390 e. The molecule has 0 saturated heterocycles. The minimum Gasteiger partial charge on any atom is -0.361 e. The molecule has 0 radical (unpaired) electrons. The molecule has 27 heavy (non-hydrogen) atoms. The number of amides is 1.